The number of fused-ring (bicyclic) bond motifs is 5. The lowest BCUT2D eigenvalue weighted by Gasteiger charge is -2.32. The van der Waals surface area contributed by atoms with E-state index in [1.165, 1.54) is 6.33 Å². The molecule has 0 radical (unpaired) electrons. The topological polar surface area (TPSA) is 111 Å². The molecule has 0 unspecified atom stereocenters. The van der Waals surface area contributed by atoms with Gasteiger partial charge >= 0.3 is 0 Å². The van der Waals surface area contributed by atoms with Crippen LogP contribution in [0.2, 0.25) is 0 Å². The average Bonchev–Trinajstić information content (AvgIpc) is 3.05. The second-order valence-corrected chi connectivity index (χ2v) is 9.60. The standard InChI is InChI=1S/C18H26N4O5S/c1-28(24,25)21-15-6-7-22-16(15)9-26-13-4-2-12(3-5-13)14-8-19-11-20-18(14)27-10-17(22)23/h8,11-13,15-16,21H,2-7,9-10H2,1H3/t12-,13+,15-,16-/m0/s1. The second-order valence-electron chi connectivity index (χ2n) is 7.82. The molecule has 1 amide bonds. The number of hydrogen-bond acceptors (Lipinski definition) is 7. The summed E-state index contributed by atoms with van der Waals surface area (Å²) in [4.78, 5) is 22.9. The number of ether oxygens (including phenoxy) is 2. The minimum absolute atomic E-state index is 0.113. The van der Waals surface area contributed by atoms with Crippen molar-refractivity contribution in [1.29, 1.82) is 0 Å². The van der Waals surface area contributed by atoms with Gasteiger partial charge in [-0.05, 0) is 38.0 Å². The van der Waals surface area contributed by atoms with Crippen molar-refractivity contribution in [3.63, 3.8) is 0 Å². The van der Waals surface area contributed by atoms with Crippen LogP contribution in [0.1, 0.15) is 43.6 Å². The number of nitrogens with one attached hydrogen (secondary N) is 1. The molecule has 1 aromatic rings. The first-order valence-electron chi connectivity index (χ1n) is 9.72. The van der Waals surface area contributed by atoms with Crippen LogP contribution in [0.15, 0.2) is 12.5 Å². The van der Waals surface area contributed by atoms with Gasteiger partial charge in [-0.3, -0.25) is 4.79 Å². The van der Waals surface area contributed by atoms with Gasteiger partial charge < -0.3 is 14.4 Å². The van der Waals surface area contributed by atoms with E-state index in [1.54, 1.807) is 11.1 Å². The van der Waals surface area contributed by atoms with Crippen LogP contribution in [-0.4, -0.2) is 73.4 Å². The number of carbonyl (C=O) groups is 1. The van der Waals surface area contributed by atoms with Crippen LogP contribution in [0.3, 0.4) is 0 Å². The summed E-state index contributed by atoms with van der Waals surface area (Å²) in [7, 11) is -3.37. The SMILES string of the molecule is CS(=O)(=O)N[C@H]1CCN2C(=O)COc3ncncc3[C@H]3CC[C@H](CC3)OC[C@@H]12. The van der Waals surface area contributed by atoms with Crippen molar-refractivity contribution >= 4 is 15.9 Å². The maximum atomic E-state index is 12.8. The van der Waals surface area contributed by atoms with Crippen LogP contribution in [0.5, 0.6) is 5.88 Å². The van der Waals surface area contributed by atoms with Crippen molar-refractivity contribution in [2.45, 2.75) is 56.2 Å². The molecule has 0 aromatic carbocycles. The average molecular weight is 410 g/mol. The molecule has 4 aliphatic rings. The van der Waals surface area contributed by atoms with Gasteiger partial charge in [0.1, 0.15) is 6.33 Å². The molecule has 0 spiro atoms. The minimum Gasteiger partial charge on any atom is -0.467 e. The molecular formula is C18H26N4O5S. The van der Waals surface area contributed by atoms with E-state index in [4.69, 9.17) is 9.47 Å². The zero-order valence-electron chi connectivity index (χ0n) is 15.9. The molecule has 1 saturated carbocycles. The molecule has 5 rings (SSSR count). The highest BCUT2D eigenvalue weighted by Gasteiger charge is 2.40. The monoisotopic (exact) mass is 410 g/mol. The fourth-order valence-electron chi connectivity index (χ4n) is 4.50. The van der Waals surface area contributed by atoms with Gasteiger partial charge in [0.05, 0.1) is 25.0 Å². The third-order valence-corrected chi connectivity index (χ3v) is 6.61. The van der Waals surface area contributed by atoms with Gasteiger partial charge in [0.25, 0.3) is 5.91 Å². The molecule has 154 valence electrons. The molecule has 3 aliphatic heterocycles. The highest BCUT2D eigenvalue weighted by atomic mass is 32.2. The Morgan fingerprint density at radius 1 is 1.21 bits per heavy atom. The smallest absolute Gasteiger partial charge is 0.260 e. The molecule has 2 bridgehead atoms. The number of carbonyl (C=O) groups excluding carboxylic acids is 1. The summed E-state index contributed by atoms with van der Waals surface area (Å²) in [5.41, 5.74) is 0.947. The van der Waals surface area contributed by atoms with Crippen molar-refractivity contribution in [1.82, 2.24) is 19.6 Å². The Morgan fingerprint density at radius 3 is 2.75 bits per heavy atom. The Balaban J connectivity index is 1.59. The molecule has 1 aliphatic carbocycles. The molecule has 28 heavy (non-hydrogen) atoms. The van der Waals surface area contributed by atoms with E-state index in [0.29, 0.717) is 31.4 Å². The number of sulfonamides is 1. The quantitative estimate of drug-likeness (QED) is 0.753. The summed E-state index contributed by atoms with van der Waals surface area (Å²) < 4.78 is 38.1. The summed E-state index contributed by atoms with van der Waals surface area (Å²) in [6.45, 7) is 0.649. The first-order chi connectivity index (χ1) is 13.4. The second kappa shape index (κ2) is 7.92. The van der Waals surface area contributed by atoms with Crippen molar-refractivity contribution in [2.75, 3.05) is 26.0 Å². The molecule has 1 saturated heterocycles. The molecule has 1 N–H and O–H groups in total. The molecular weight excluding hydrogens is 384 g/mol. The maximum Gasteiger partial charge on any atom is 0.260 e. The summed E-state index contributed by atoms with van der Waals surface area (Å²) in [6, 6.07) is -0.691. The van der Waals surface area contributed by atoms with Gasteiger partial charge in [0, 0.05) is 24.3 Å². The zero-order valence-corrected chi connectivity index (χ0v) is 16.7. The van der Waals surface area contributed by atoms with Gasteiger partial charge in [-0.25, -0.2) is 23.1 Å². The summed E-state index contributed by atoms with van der Waals surface area (Å²) in [6.07, 6.45) is 8.72. The van der Waals surface area contributed by atoms with E-state index >= 15 is 0 Å². The van der Waals surface area contributed by atoms with Crippen LogP contribution >= 0.6 is 0 Å². The molecule has 2 fully saturated rings. The Bertz CT molecular complexity index is 825. The van der Waals surface area contributed by atoms with Crippen LogP contribution in [0, 0.1) is 0 Å². The van der Waals surface area contributed by atoms with Crippen LogP contribution in [0.25, 0.3) is 0 Å². The highest BCUT2D eigenvalue weighted by molar-refractivity contribution is 7.88. The van der Waals surface area contributed by atoms with Crippen molar-refractivity contribution in [2.24, 2.45) is 0 Å². The molecule has 2 atom stereocenters. The van der Waals surface area contributed by atoms with Gasteiger partial charge in [-0.2, -0.15) is 0 Å². The Morgan fingerprint density at radius 2 is 2.00 bits per heavy atom. The minimum atomic E-state index is -3.37. The number of hydrogen-bond donors (Lipinski definition) is 1. The van der Waals surface area contributed by atoms with Crippen molar-refractivity contribution < 1.29 is 22.7 Å². The van der Waals surface area contributed by atoms with Crippen molar-refractivity contribution in [3.05, 3.63) is 18.1 Å². The third-order valence-electron chi connectivity index (χ3n) is 5.88. The first kappa shape index (κ1) is 19.5. The maximum absolute atomic E-state index is 12.8. The molecule has 9 nitrogen and oxygen atoms in total. The first-order valence-corrected chi connectivity index (χ1v) is 11.6. The number of aromatic nitrogens is 2. The van der Waals surface area contributed by atoms with Crippen LogP contribution in [-0.2, 0) is 19.6 Å². The lowest BCUT2D eigenvalue weighted by molar-refractivity contribution is -0.136. The van der Waals surface area contributed by atoms with E-state index in [9.17, 15) is 13.2 Å². The Hall–Kier alpha value is -1.78. The predicted molar refractivity (Wildman–Crippen MR) is 100 cm³/mol. The van der Waals surface area contributed by atoms with E-state index in [1.807, 2.05) is 0 Å². The lowest BCUT2D eigenvalue weighted by Crippen LogP contribution is -2.50. The predicted octanol–water partition coefficient (Wildman–Crippen LogP) is 0.431. The van der Waals surface area contributed by atoms with Gasteiger partial charge in [0.15, 0.2) is 6.61 Å². The van der Waals surface area contributed by atoms with Gasteiger partial charge in [0.2, 0.25) is 15.9 Å². The van der Waals surface area contributed by atoms with Gasteiger partial charge in [-0.15, -0.1) is 0 Å². The zero-order chi connectivity index (χ0) is 19.7. The molecule has 4 heterocycles. The van der Waals surface area contributed by atoms with E-state index in [0.717, 1.165) is 37.5 Å². The number of amides is 1. The Kier molecular flexibility index (Phi) is 5.52. The van der Waals surface area contributed by atoms with E-state index in [-0.39, 0.29) is 30.7 Å². The fraction of sp³-hybridized carbons (Fsp3) is 0.722. The van der Waals surface area contributed by atoms with E-state index < -0.39 is 10.0 Å². The van der Waals surface area contributed by atoms with Crippen molar-refractivity contribution in [3.8, 4) is 5.88 Å². The van der Waals surface area contributed by atoms with Crippen LogP contribution in [0.4, 0.5) is 0 Å². The van der Waals surface area contributed by atoms with Gasteiger partial charge in [-0.1, -0.05) is 0 Å². The fourth-order valence-corrected chi connectivity index (χ4v) is 5.32. The largest absolute Gasteiger partial charge is 0.467 e. The summed E-state index contributed by atoms with van der Waals surface area (Å²) >= 11 is 0. The normalized spacial score (nSPS) is 31.2. The third kappa shape index (κ3) is 4.28. The lowest BCUT2D eigenvalue weighted by atomic mass is 9.83. The molecule has 1 aromatic heterocycles. The highest BCUT2D eigenvalue weighted by Crippen LogP contribution is 2.37. The van der Waals surface area contributed by atoms with Crippen LogP contribution < -0.4 is 9.46 Å². The number of rotatable bonds is 2. The Labute approximate surface area is 164 Å². The molecule has 10 heteroatoms. The summed E-state index contributed by atoms with van der Waals surface area (Å²) in [5, 5.41) is 0. The number of nitrogens with zero attached hydrogens (tertiary/aromatic N) is 3. The van der Waals surface area contributed by atoms with E-state index in [2.05, 4.69) is 14.7 Å². The summed E-state index contributed by atoms with van der Waals surface area (Å²) in [5.74, 6) is 0.572.